The summed E-state index contributed by atoms with van der Waals surface area (Å²) < 4.78 is 0. The topological polar surface area (TPSA) is 42.0 Å². The minimum atomic E-state index is -0.152. The summed E-state index contributed by atoms with van der Waals surface area (Å²) in [5, 5.41) is 4.07. The smallest absolute Gasteiger partial charge is 0.221 e. The minimum absolute atomic E-state index is 0.121. The van der Waals surface area contributed by atoms with E-state index in [0.29, 0.717) is 6.42 Å². The highest BCUT2D eigenvalue weighted by molar-refractivity contribution is 7.98. The molecule has 0 aliphatic rings. The SMILES string of the molecule is Cc1nc(-c2ccccc2)sc1CSCCC(=O)NC(C)(C)C. The number of thiazole rings is 1. The minimum Gasteiger partial charge on any atom is -0.351 e. The van der Waals surface area contributed by atoms with Crippen LogP contribution in [0.3, 0.4) is 0 Å². The van der Waals surface area contributed by atoms with Crippen molar-refractivity contribution in [3.8, 4) is 10.6 Å². The number of amides is 1. The van der Waals surface area contributed by atoms with Crippen LogP contribution < -0.4 is 5.32 Å². The van der Waals surface area contributed by atoms with Crippen molar-refractivity contribution in [1.29, 1.82) is 0 Å². The summed E-state index contributed by atoms with van der Waals surface area (Å²) in [6.45, 7) is 8.07. The molecule has 1 amide bonds. The molecule has 1 heterocycles. The van der Waals surface area contributed by atoms with E-state index in [-0.39, 0.29) is 11.4 Å². The molecule has 0 spiro atoms. The Morgan fingerprint density at radius 1 is 1.26 bits per heavy atom. The van der Waals surface area contributed by atoms with Gasteiger partial charge in [0, 0.05) is 33.9 Å². The Hall–Kier alpha value is -1.33. The van der Waals surface area contributed by atoms with Crippen LogP contribution in [0.25, 0.3) is 10.6 Å². The van der Waals surface area contributed by atoms with Gasteiger partial charge >= 0.3 is 0 Å². The Morgan fingerprint density at radius 3 is 2.61 bits per heavy atom. The summed E-state index contributed by atoms with van der Waals surface area (Å²) in [4.78, 5) is 17.8. The third-order valence-corrected chi connectivity index (χ3v) is 5.51. The molecule has 0 aliphatic heterocycles. The van der Waals surface area contributed by atoms with Gasteiger partial charge in [0.05, 0.1) is 5.69 Å². The second-order valence-electron chi connectivity index (χ2n) is 6.49. The summed E-state index contributed by atoms with van der Waals surface area (Å²) in [5.74, 6) is 1.87. The van der Waals surface area contributed by atoms with Crippen LogP contribution >= 0.6 is 23.1 Å². The fourth-order valence-corrected chi connectivity index (χ4v) is 4.29. The van der Waals surface area contributed by atoms with E-state index in [9.17, 15) is 4.79 Å². The van der Waals surface area contributed by atoms with E-state index in [1.54, 1.807) is 23.1 Å². The average Bonchev–Trinajstić information content (AvgIpc) is 2.84. The van der Waals surface area contributed by atoms with Crippen molar-refractivity contribution in [1.82, 2.24) is 10.3 Å². The van der Waals surface area contributed by atoms with Gasteiger partial charge in [0.25, 0.3) is 0 Å². The van der Waals surface area contributed by atoms with Crippen molar-refractivity contribution in [2.24, 2.45) is 0 Å². The van der Waals surface area contributed by atoms with Crippen molar-refractivity contribution in [3.63, 3.8) is 0 Å². The van der Waals surface area contributed by atoms with Gasteiger partial charge in [-0.3, -0.25) is 4.79 Å². The van der Waals surface area contributed by atoms with Crippen molar-refractivity contribution in [2.45, 2.75) is 45.4 Å². The Balaban J connectivity index is 1.83. The third-order valence-electron chi connectivity index (χ3n) is 3.13. The number of aromatic nitrogens is 1. The second-order valence-corrected chi connectivity index (χ2v) is 8.68. The summed E-state index contributed by atoms with van der Waals surface area (Å²) in [6.07, 6.45) is 0.561. The van der Waals surface area contributed by atoms with E-state index in [0.717, 1.165) is 22.2 Å². The maximum Gasteiger partial charge on any atom is 0.221 e. The van der Waals surface area contributed by atoms with Crippen molar-refractivity contribution < 1.29 is 4.79 Å². The lowest BCUT2D eigenvalue weighted by atomic mass is 10.1. The third kappa shape index (κ3) is 5.99. The van der Waals surface area contributed by atoms with E-state index in [1.165, 1.54) is 10.4 Å². The molecule has 124 valence electrons. The van der Waals surface area contributed by atoms with Gasteiger partial charge in [-0.25, -0.2) is 4.98 Å². The van der Waals surface area contributed by atoms with Crippen LogP contribution in [0.5, 0.6) is 0 Å². The Kier molecular flexibility index (Phi) is 6.25. The quantitative estimate of drug-likeness (QED) is 0.772. The number of hydrogen-bond acceptors (Lipinski definition) is 4. The summed E-state index contributed by atoms with van der Waals surface area (Å²) in [5.41, 5.74) is 2.11. The van der Waals surface area contributed by atoms with Crippen LogP contribution in [0.1, 0.15) is 37.8 Å². The molecule has 3 nitrogen and oxygen atoms in total. The number of benzene rings is 1. The molecule has 1 N–H and O–H groups in total. The number of nitrogens with zero attached hydrogens (tertiary/aromatic N) is 1. The van der Waals surface area contributed by atoms with E-state index < -0.39 is 0 Å². The number of rotatable bonds is 6. The van der Waals surface area contributed by atoms with E-state index >= 15 is 0 Å². The van der Waals surface area contributed by atoms with Crippen LogP contribution in [0.2, 0.25) is 0 Å². The molecule has 0 fully saturated rings. The molecule has 0 unspecified atom stereocenters. The number of aryl methyl sites for hydroxylation is 1. The van der Waals surface area contributed by atoms with Gasteiger partial charge < -0.3 is 5.32 Å². The second kappa shape index (κ2) is 7.97. The first-order valence-electron chi connectivity index (χ1n) is 7.75. The zero-order valence-electron chi connectivity index (χ0n) is 14.2. The van der Waals surface area contributed by atoms with E-state index in [2.05, 4.69) is 29.4 Å². The predicted octanol–water partition coefficient (Wildman–Crippen LogP) is 4.66. The summed E-state index contributed by atoms with van der Waals surface area (Å²) in [7, 11) is 0. The van der Waals surface area contributed by atoms with Gasteiger partial charge in [-0.2, -0.15) is 11.8 Å². The molecule has 0 saturated carbocycles. The van der Waals surface area contributed by atoms with E-state index in [4.69, 9.17) is 0 Å². The molecule has 0 bridgehead atoms. The van der Waals surface area contributed by atoms with Gasteiger partial charge in [0.2, 0.25) is 5.91 Å². The predicted molar refractivity (Wildman–Crippen MR) is 101 cm³/mol. The lowest BCUT2D eigenvalue weighted by molar-refractivity contribution is -0.122. The van der Waals surface area contributed by atoms with Crippen LogP contribution in [0.4, 0.5) is 0 Å². The highest BCUT2D eigenvalue weighted by atomic mass is 32.2. The largest absolute Gasteiger partial charge is 0.351 e. The lowest BCUT2D eigenvalue weighted by Crippen LogP contribution is -2.40. The molecule has 0 aliphatic carbocycles. The normalized spacial score (nSPS) is 11.5. The van der Waals surface area contributed by atoms with Crippen molar-refractivity contribution in [3.05, 3.63) is 40.9 Å². The Labute approximate surface area is 146 Å². The maximum absolute atomic E-state index is 11.8. The number of hydrogen-bond donors (Lipinski definition) is 1. The van der Waals surface area contributed by atoms with Gasteiger partial charge in [0.15, 0.2) is 0 Å². The number of carbonyl (C=O) groups excluding carboxylic acids is 1. The standard InChI is InChI=1S/C18H24N2OS2/c1-13-15(12-22-11-10-16(21)20-18(2,3)4)23-17(19-13)14-8-6-5-7-9-14/h5-9H,10-12H2,1-4H3,(H,20,21). The first-order chi connectivity index (χ1) is 10.8. The number of thioether (sulfide) groups is 1. The van der Waals surface area contributed by atoms with Crippen LogP contribution in [-0.4, -0.2) is 22.2 Å². The first-order valence-corrected chi connectivity index (χ1v) is 9.73. The summed E-state index contributed by atoms with van der Waals surface area (Å²) in [6, 6.07) is 10.3. The van der Waals surface area contributed by atoms with Crippen molar-refractivity contribution >= 4 is 29.0 Å². The van der Waals surface area contributed by atoms with Gasteiger partial charge in [-0.05, 0) is 27.7 Å². The highest BCUT2D eigenvalue weighted by Crippen LogP contribution is 2.30. The molecule has 1 aromatic carbocycles. The molecule has 1 aromatic heterocycles. The fraction of sp³-hybridized carbons (Fsp3) is 0.444. The number of carbonyl (C=O) groups is 1. The van der Waals surface area contributed by atoms with Crippen LogP contribution in [0.15, 0.2) is 30.3 Å². The molecular formula is C18H24N2OS2. The lowest BCUT2D eigenvalue weighted by Gasteiger charge is -2.20. The first kappa shape index (κ1) is 18.0. The highest BCUT2D eigenvalue weighted by Gasteiger charge is 2.14. The summed E-state index contributed by atoms with van der Waals surface area (Å²) >= 11 is 3.54. The molecule has 0 radical (unpaired) electrons. The van der Waals surface area contributed by atoms with Gasteiger partial charge in [0.1, 0.15) is 5.01 Å². The molecule has 5 heteroatoms. The molecule has 23 heavy (non-hydrogen) atoms. The average molecular weight is 349 g/mol. The number of nitrogens with one attached hydrogen (secondary N) is 1. The zero-order chi connectivity index (χ0) is 16.9. The maximum atomic E-state index is 11.8. The monoisotopic (exact) mass is 348 g/mol. The van der Waals surface area contributed by atoms with Gasteiger partial charge in [-0.15, -0.1) is 11.3 Å². The Morgan fingerprint density at radius 2 is 1.96 bits per heavy atom. The fourth-order valence-electron chi connectivity index (χ4n) is 2.08. The molecular weight excluding hydrogens is 324 g/mol. The van der Waals surface area contributed by atoms with Crippen molar-refractivity contribution in [2.75, 3.05) is 5.75 Å². The van der Waals surface area contributed by atoms with Crippen LogP contribution in [-0.2, 0) is 10.5 Å². The van der Waals surface area contributed by atoms with Crippen LogP contribution in [0, 0.1) is 6.92 Å². The molecule has 2 aromatic rings. The Bertz CT molecular complexity index is 645. The molecule has 2 rings (SSSR count). The molecule has 0 saturated heterocycles. The van der Waals surface area contributed by atoms with E-state index in [1.807, 2.05) is 39.0 Å². The zero-order valence-corrected chi connectivity index (χ0v) is 15.8. The molecule has 0 atom stereocenters. The van der Waals surface area contributed by atoms with Gasteiger partial charge in [-0.1, -0.05) is 30.3 Å².